The van der Waals surface area contributed by atoms with Crippen LogP contribution in [0.15, 0.2) is 96.5 Å². The molecule has 0 N–H and O–H groups in total. The standard InChI is InChI=1S/C26H24N2O2S/c1-3-18-28-24-21(30-4-2)16-11-17-22(24)31-26(28)27-25(29)23(19-12-7-5-8-13-19)20-14-9-6-10-15-20/h3,5-17,23H,1,4,18H2,2H3. The van der Waals surface area contributed by atoms with Crippen LogP contribution in [0.3, 0.4) is 0 Å². The highest BCUT2D eigenvalue weighted by molar-refractivity contribution is 7.16. The van der Waals surface area contributed by atoms with Crippen molar-refractivity contribution in [3.8, 4) is 5.75 Å². The molecule has 156 valence electrons. The zero-order valence-corrected chi connectivity index (χ0v) is 18.2. The second kappa shape index (κ2) is 9.58. The maximum atomic E-state index is 13.5. The van der Waals surface area contributed by atoms with E-state index in [0.29, 0.717) is 18.0 Å². The van der Waals surface area contributed by atoms with Crippen LogP contribution >= 0.6 is 11.3 Å². The summed E-state index contributed by atoms with van der Waals surface area (Å²) >= 11 is 1.49. The molecule has 0 aliphatic carbocycles. The Kier molecular flexibility index (Phi) is 6.43. The maximum absolute atomic E-state index is 13.5. The van der Waals surface area contributed by atoms with Gasteiger partial charge in [0.15, 0.2) is 4.80 Å². The second-order valence-corrected chi connectivity index (χ2v) is 8.03. The second-order valence-electron chi connectivity index (χ2n) is 7.02. The van der Waals surface area contributed by atoms with Crippen molar-refractivity contribution in [1.29, 1.82) is 0 Å². The summed E-state index contributed by atoms with van der Waals surface area (Å²) in [6, 6.07) is 25.5. The fourth-order valence-electron chi connectivity index (χ4n) is 3.68. The lowest BCUT2D eigenvalue weighted by atomic mass is 9.91. The van der Waals surface area contributed by atoms with Crippen molar-refractivity contribution in [1.82, 2.24) is 4.57 Å². The van der Waals surface area contributed by atoms with E-state index in [0.717, 1.165) is 27.1 Å². The third-order valence-corrected chi connectivity index (χ3v) is 6.04. The molecule has 5 heteroatoms. The molecular formula is C26H24N2O2S. The lowest BCUT2D eigenvalue weighted by Crippen LogP contribution is -2.20. The summed E-state index contributed by atoms with van der Waals surface area (Å²) in [6.07, 6.45) is 1.81. The van der Waals surface area contributed by atoms with Crippen molar-refractivity contribution in [3.05, 3.63) is 107 Å². The van der Waals surface area contributed by atoms with Crippen LogP contribution in [-0.2, 0) is 11.3 Å². The molecule has 0 saturated heterocycles. The molecule has 0 radical (unpaired) electrons. The molecule has 1 aromatic heterocycles. The summed E-state index contributed by atoms with van der Waals surface area (Å²) in [5.41, 5.74) is 2.79. The van der Waals surface area contributed by atoms with Crippen LogP contribution in [0.4, 0.5) is 0 Å². The molecule has 4 aromatic rings. The van der Waals surface area contributed by atoms with Gasteiger partial charge in [0.2, 0.25) is 0 Å². The van der Waals surface area contributed by atoms with Crippen LogP contribution in [0, 0.1) is 0 Å². The average Bonchev–Trinajstić information content (AvgIpc) is 3.14. The van der Waals surface area contributed by atoms with Crippen LogP contribution in [-0.4, -0.2) is 17.1 Å². The zero-order chi connectivity index (χ0) is 21.6. The van der Waals surface area contributed by atoms with Crippen LogP contribution in [0.5, 0.6) is 5.75 Å². The number of carbonyl (C=O) groups excluding carboxylic acids is 1. The molecule has 0 atom stereocenters. The number of benzene rings is 3. The first-order valence-electron chi connectivity index (χ1n) is 10.3. The number of carbonyl (C=O) groups is 1. The third kappa shape index (κ3) is 4.37. The molecule has 3 aromatic carbocycles. The maximum Gasteiger partial charge on any atom is 0.260 e. The van der Waals surface area contributed by atoms with Gasteiger partial charge in [0.05, 0.1) is 17.2 Å². The lowest BCUT2D eigenvalue weighted by molar-refractivity contribution is -0.118. The van der Waals surface area contributed by atoms with Gasteiger partial charge >= 0.3 is 0 Å². The highest BCUT2D eigenvalue weighted by atomic mass is 32.1. The first-order chi connectivity index (χ1) is 15.2. The molecular weight excluding hydrogens is 404 g/mol. The van der Waals surface area contributed by atoms with E-state index < -0.39 is 5.92 Å². The number of amides is 1. The number of aromatic nitrogens is 1. The number of thiazole rings is 1. The number of fused-ring (bicyclic) bond motifs is 1. The summed E-state index contributed by atoms with van der Waals surface area (Å²) in [7, 11) is 0. The van der Waals surface area contributed by atoms with Gasteiger partial charge in [-0.3, -0.25) is 4.79 Å². The van der Waals surface area contributed by atoms with Gasteiger partial charge in [-0.1, -0.05) is 84.1 Å². The number of ether oxygens (including phenoxy) is 1. The number of allylic oxidation sites excluding steroid dienone is 1. The molecule has 0 saturated carbocycles. The molecule has 4 nitrogen and oxygen atoms in total. The van der Waals surface area contributed by atoms with E-state index in [2.05, 4.69) is 11.6 Å². The van der Waals surface area contributed by atoms with E-state index in [1.54, 1.807) is 0 Å². The normalized spacial score (nSPS) is 11.7. The van der Waals surface area contributed by atoms with Crippen molar-refractivity contribution in [2.24, 2.45) is 4.99 Å². The minimum Gasteiger partial charge on any atom is -0.492 e. The topological polar surface area (TPSA) is 43.6 Å². The first kappa shape index (κ1) is 20.8. The summed E-state index contributed by atoms with van der Waals surface area (Å²) in [5.74, 6) is 0.130. The molecule has 0 unspecified atom stereocenters. The van der Waals surface area contributed by atoms with E-state index in [4.69, 9.17) is 4.74 Å². The first-order valence-corrected chi connectivity index (χ1v) is 11.1. The average molecular weight is 429 g/mol. The fourth-order valence-corrected chi connectivity index (χ4v) is 4.74. The summed E-state index contributed by atoms with van der Waals surface area (Å²) < 4.78 is 8.86. The van der Waals surface area contributed by atoms with Crippen LogP contribution < -0.4 is 9.54 Å². The Labute approximate surface area is 185 Å². The highest BCUT2D eigenvalue weighted by Crippen LogP contribution is 2.29. The quantitative estimate of drug-likeness (QED) is 0.362. The molecule has 31 heavy (non-hydrogen) atoms. The van der Waals surface area contributed by atoms with Crippen LogP contribution in [0.2, 0.25) is 0 Å². The molecule has 0 bridgehead atoms. The zero-order valence-electron chi connectivity index (χ0n) is 17.4. The molecule has 1 heterocycles. The number of para-hydroxylation sites is 1. The van der Waals surface area contributed by atoms with Gasteiger partial charge in [-0.25, -0.2) is 0 Å². The Hall–Kier alpha value is -3.44. The summed E-state index contributed by atoms with van der Waals surface area (Å²) in [4.78, 5) is 18.8. The van der Waals surface area contributed by atoms with Gasteiger partial charge in [-0.15, -0.1) is 6.58 Å². The van der Waals surface area contributed by atoms with Crippen molar-refractivity contribution in [2.75, 3.05) is 6.61 Å². The summed E-state index contributed by atoms with van der Waals surface area (Å²) in [5, 5.41) is 0. The van der Waals surface area contributed by atoms with E-state index in [9.17, 15) is 4.79 Å². The number of hydrogen-bond acceptors (Lipinski definition) is 3. The molecule has 4 rings (SSSR count). The Morgan fingerprint density at radius 1 is 1.03 bits per heavy atom. The van der Waals surface area contributed by atoms with Crippen molar-refractivity contribution >= 4 is 27.5 Å². The number of hydrogen-bond donors (Lipinski definition) is 0. The smallest absolute Gasteiger partial charge is 0.260 e. The SMILES string of the molecule is C=CCn1c(=NC(=O)C(c2ccccc2)c2ccccc2)sc2cccc(OCC)c21. The fraction of sp³-hybridized carbons (Fsp3) is 0.154. The molecule has 0 aliphatic rings. The van der Waals surface area contributed by atoms with Gasteiger partial charge in [0.1, 0.15) is 11.3 Å². The Bertz CT molecular complexity index is 1220. The largest absolute Gasteiger partial charge is 0.492 e. The van der Waals surface area contributed by atoms with Gasteiger partial charge in [-0.2, -0.15) is 4.99 Å². The van der Waals surface area contributed by atoms with Crippen LogP contribution in [0.25, 0.3) is 10.2 Å². The lowest BCUT2D eigenvalue weighted by Gasteiger charge is -2.14. The molecule has 0 spiro atoms. The monoisotopic (exact) mass is 428 g/mol. The number of nitrogens with zero attached hydrogens (tertiary/aromatic N) is 2. The van der Waals surface area contributed by atoms with Crippen molar-refractivity contribution < 1.29 is 9.53 Å². The van der Waals surface area contributed by atoms with E-state index >= 15 is 0 Å². The minimum absolute atomic E-state index is 0.195. The van der Waals surface area contributed by atoms with E-state index in [1.165, 1.54) is 11.3 Å². The van der Waals surface area contributed by atoms with Crippen molar-refractivity contribution in [3.63, 3.8) is 0 Å². The predicted molar refractivity (Wildman–Crippen MR) is 126 cm³/mol. The minimum atomic E-state index is -0.462. The Morgan fingerprint density at radius 2 is 1.68 bits per heavy atom. The predicted octanol–water partition coefficient (Wildman–Crippen LogP) is 5.55. The Morgan fingerprint density at radius 3 is 2.26 bits per heavy atom. The van der Waals surface area contributed by atoms with Gasteiger partial charge in [0, 0.05) is 6.54 Å². The third-order valence-electron chi connectivity index (χ3n) is 4.99. The molecule has 0 aliphatic heterocycles. The number of rotatable bonds is 7. The van der Waals surface area contributed by atoms with E-state index in [-0.39, 0.29) is 5.91 Å². The highest BCUT2D eigenvalue weighted by Gasteiger charge is 2.23. The van der Waals surface area contributed by atoms with E-state index in [1.807, 2.05) is 96.4 Å². The van der Waals surface area contributed by atoms with Gasteiger partial charge in [0.25, 0.3) is 5.91 Å². The van der Waals surface area contributed by atoms with Crippen molar-refractivity contribution in [2.45, 2.75) is 19.4 Å². The van der Waals surface area contributed by atoms with Gasteiger partial charge < -0.3 is 9.30 Å². The summed E-state index contributed by atoms with van der Waals surface area (Å²) in [6.45, 7) is 6.95. The molecule has 1 amide bonds. The Balaban J connectivity index is 1.88. The molecule has 0 fully saturated rings. The van der Waals surface area contributed by atoms with Crippen LogP contribution in [0.1, 0.15) is 24.0 Å². The van der Waals surface area contributed by atoms with Gasteiger partial charge in [-0.05, 0) is 30.2 Å².